The van der Waals surface area contributed by atoms with Crippen molar-refractivity contribution >= 4 is 40.8 Å². The quantitative estimate of drug-likeness (QED) is 0.543. The number of halogens is 2. The normalized spacial score (nSPS) is 19.1. The molecule has 0 aliphatic carbocycles. The van der Waals surface area contributed by atoms with Crippen LogP contribution >= 0.6 is 23.2 Å². The summed E-state index contributed by atoms with van der Waals surface area (Å²) in [4.78, 5) is 21.1. The molecule has 7 nitrogen and oxygen atoms in total. The van der Waals surface area contributed by atoms with E-state index in [1.165, 1.54) is 0 Å². The highest BCUT2D eigenvalue weighted by molar-refractivity contribution is 6.33. The monoisotopic (exact) mass is 484 g/mol. The molecule has 0 N–H and O–H groups in total. The van der Waals surface area contributed by atoms with Crippen LogP contribution in [0.3, 0.4) is 0 Å². The van der Waals surface area contributed by atoms with E-state index in [4.69, 9.17) is 37.9 Å². The fourth-order valence-corrected chi connectivity index (χ4v) is 4.80. The van der Waals surface area contributed by atoms with Crippen molar-refractivity contribution in [2.75, 3.05) is 60.6 Å². The smallest absolute Gasteiger partial charge is 0.228 e. The zero-order valence-corrected chi connectivity index (χ0v) is 20.0. The number of aromatic nitrogens is 3. The van der Waals surface area contributed by atoms with Crippen molar-refractivity contribution in [2.45, 2.75) is 13.0 Å². The van der Waals surface area contributed by atoms with E-state index in [9.17, 15) is 0 Å². The van der Waals surface area contributed by atoms with Crippen LogP contribution in [0.5, 0.6) is 0 Å². The SMILES string of the molecule is CC1CN(c2ncccc2Cl)CCN1c1cc(-c2cccc(Cl)c2)nc(N2CCOCC2)n1. The molecule has 0 bridgehead atoms. The largest absolute Gasteiger partial charge is 0.378 e. The Labute approximate surface area is 203 Å². The van der Waals surface area contributed by atoms with Gasteiger partial charge in [-0.1, -0.05) is 35.3 Å². The van der Waals surface area contributed by atoms with Crippen LogP contribution in [0.2, 0.25) is 10.0 Å². The van der Waals surface area contributed by atoms with Crippen LogP contribution in [0.1, 0.15) is 6.92 Å². The number of hydrogen-bond acceptors (Lipinski definition) is 7. The Morgan fingerprint density at radius 3 is 2.55 bits per heavy atom. The second kappa shape index (κ2) is 9.71. The van der Waals surface area contributed by atoms with Crippen LogP contribution in [0.15, 0.2) is 48.7 Å². The molecule has 3 aromatic rings. The molecule has 5 rings (SSSR count). The van der Waals surface area contributed by atoms with Gasteiger partial charge < -0.3 is 19.4 Å². The molecule has 172 valence electrons. The van der Waals surface area contributed by atoms with Crippen molar-refractivity contribution in [1.82, 2.24) is 15.0 Å². The van der Waals surface area contributed by atoms with Gasteiger partial charge in [0.25, 0.3) is 0 Å². The predicted molar refractivity (Wildman–Crippen MR) is 134 cm³/mol. The molecule has 1 atom stereocenters. The lowest BCUT2D eigenvalue weighted by Crippen LogP contribution is -2.53. The maximum absolute atomic E-state index is 6.40. The first-order chi connectivity index (χ1) is 16.1. The third-order valence-corrected chi connectivity index (χ3v) is 6.61. The summed E-state index contributed by atoms with van der Waals surface area (Å²) in [5.41, 5.74) is 1.85. The van der Waals surface area contributed by atoms with Crippen molar-refractivity contribution in [3.63, 3.8) is 0 Å². The molecule has 4 heterocycles. The van der Waals surface area contributed by atoms with Gasteiger partial charge in [-0.15, -0.1) is 0 Å². The molecule has 2 aromatic heterocycles. The molecule has 2 aliphatic heterocycles. The molecule has 1 unspecified atom stereocenters. The average Bonchev–Trinajstić information content (AvgIpc) is 2.84. The summed E-state index contributed by atoms with van der Waals surface area (Å²) in [6.45, 7) is 7.55. The minimum Gasteiger partial charge on any atom is -0.378 e. The number of ether oxygens (including phenoxy) is 1. The third-order valence-electron chi connectivity index (χ3n) is 6.08. The highest BCUT2D eigenvalue weighted by Crippen LogP contribution is 2.30. The van der Waals surface area contributed by atoms with Crippen molar-refractivity contribution in [3.05, 3.63) is 58.7 Å². The summed E-state index contributed by atoms with van der Waals surface area (Å²) >= 11 is 12.7. The molecule has 2 fully saturated rings. The molecule has 0 saturated carbocycles. The van der Waals surface area contributed by atoms with Gasteiger partial charge in [-0.25, -0.2) is 9.97 Å². The van der Waals surface area contributed by atoms with E-state index in [0.717, 1.165) is 61.6 Å². The highest BCUT2D eigenvalue weighted by Gasteiger charge is 2.28. The number of rotatable bonds is 4. The van der Waals surface area contributed by atoms with E-state index in [-0.39, 0.29) is 6.04 Å². The topological polar surface area (TPSA) is 57.6 Å². The lowest BCUT2D eigenvalue weighted by Gasteiger charge is -2.41. The minimum absolute atomic E-state index is 0.219. The number of nitrogens with zero attached hydrogens (tertiary/aromatic N) is 6. The Kier molecular flexibility index (Phi) is 6.53. The Balaban J connectivity index is 1.46. The molecular formula is C24H26Cl2N6O. The zero-order chi connectivity index (χ0) is 22.8. The van der Waals surface area contributed by atoms with Crippen molar-refractivity contribution < 1.29 is 4.74 Å². The van der Waals surface area contributed by atoms with E-state index in [1.54, 1.807) is 6.20 Å². The number of hydrogen-bond donors (Lipinski definition) is 0. The lowest BCUT2D eigenvalue weighted by molar-refractivity contribution is 0.122. The van der Waals surface area contributed by atoms with Crippen LogP contribution in [0.4, 0.5) is 17.6 Å². The number of anilines is 3. The molecule has 2 aliphatic rings. The zero-order valence-electron chi connectivity index (χ0n) is 18.5. The second-order valence-electron chi connectivity index (χ2n) is 8.32. The maximum atomic E-state index is 6.40. The molecule has 9 heteroatoms. The Morgan fingerprint density at radius 2 is 1.79 bits per heavy atom. The molecule has 0 amide bonds. The fraction of sp³-hybridized carbons (Fsp3) is 0.375. The first-order valence-electron chi connectivity index (χ1n) is 11.2. The van der Waals surface area contributed by atoms with Crippen LogP contribution in [-0.4, -0.2) is 66.9 Å². The highest BCUT2D eigenvalue weighted by atomic mass is 35.5. The van der Waals surface area contributed by atoms with Gasteiger partial charge in [0.1, 0.15) is 11.6 Å². The van der Waals surface area contributed by atoms with Gasteiger partial charge in [0, 0.05) is 61.6 Å². The standard InChI is InChI=1S/C24H26Cl2N6O/c1-17-16-31(23-20(26)6-3-7-27-23)8-9-32(17)22-15-21(18-4-2-5-19(25)14-18)28-24(29-22)30-10-12-33-13-11-30/h2-7,14-15,17H,8-13,16H2,1H3. The molecular weight excluding hydrogens is 459 g/mol. The maximum Gasteiger partial charge on any atom is 0.228 e. The Morgan fingerprint density at radius 1 is 0.939 bits per heavy atom. The number of morpholine rings is 1. The van der Waals surface area contributed by atoms with E-state index in [0.29, 0.717) is 23.3 Å². The lowest BCUT2D eigenvalue weighted by atomic mass is 10.1. The van der Waals surface area contributed by atoms with E-state index in [2.05, 4.69) is 32.7 Å². The van der Waals surface area contributed by atoms with Crippen LogP contribution in [-0.2, 0) is 4.74 Å². The van der Waals surface area contributed by atoms with Gasteiger partial charge in [-0.3, -0.25) is 0 Å². The Hall–Kier alpha value is -2.61. The van der Waals surface area contributed by atoms with Gasteiger partial charge in [-0.05, 0) is 31.2 Å². The predicted octanol–water partition coefficient (Wildman–Crippen LogP) is 4.40. The summed E-state index contributed by atoms with van der Waals surface area (Å²) in [5.74, 6) is 2.48. The first kappa shape index (κ1) is 22.2. The first-order valence-corrected chi connectivity index (χ1v) is 11.9. The van der Waals surface area contributed by atoms with Gasteiger partial charge in [0.05, 0.1) is 23.9 Å². The molecule has 0 spiro atoms. The van der Waals surface area contributed by atoms with E-state index >= 15 is 0 Å². The summed E-state index contributed by atoms with van der Waals surface area (Å²) < 4.78 is 5.53. The van der Waals surface area contributed by atoms with Gasteiger partial charge in [-0.2, -0.15) is 4.98 Å². The second-order valence-corrected chi connectivity index (χ2v) is 9.16. The van der Waals surface area contributed by atoms with Gasteiger partial charge in [0.2, 0.25) is 5.95 Å². The summed E-state index contributed by atoms with van der Waals surface area (Å²) in [6, 6.07) is 13.8. The number of piperazine rings is 1. The van der Waals surface area contributed by atoms with Crippen LogP contribution < -0.4 is 14.7 Å². The van der Waals surface area contributed by atoms with Crippen LogP contribution in [0.25, 0.3) is 11.3 Å². The molecule has 0 radical (unpaired) electrons. The average molecular weight is 485 g/mol. The molecule has 1 aromatic carbocycles. The molecule has 33 heavy (non-hydrogen) atoms. The molecule has 2 saturated heterocycles. The van der Waals surface area contributed by atoms with Crippen molar-refractivity contribution in [2.24, 2.45) is 0 Å². The van der Waals surface area contributed by atoms with E-state index < -0.39 is 0 Å². The van der Waals surface area contributed by atoms with E-state index in [1.807, 2.05) is 36.4 Å². The van der Waals surface area contributed by atoms with Crippen molar-refractivity contribution in [3.8, 4) is 11.3 Å². The Bertz CT molecular complexity index is 1120. The summed E-state index contributed by atoms with van der Waals surface area (Å²) in [6.07, 6.45) is 1.79. The number of pyridine rings is 1. The fourth-order valence-electron chi connectivity index (χ4n) is 4.37. The third kappa shape index (κ3) is 4.86. The van der Waals surface area contributed by atoms with Crippen molar-refractivity contribution in [1.29, 1.82) is 0 Å². The van der Waals surface area contributed by atoms with Gasteiger partial charge >= 0.3 is 0 Å². The summed E-state index contributed by atoms with van der Waals surface area (Å²) in [5, 5.41) is 1.37. The summed E-state index contributed by atoms with van der Waals surface area (Å²) in [7, 11) is 0. The van der Waals surface area contributed by atoms with Crippen LogP contribution in [0, 0.1) is 0 Å². The number of benzene rings is 1. The minimum atomic E-state index is 0.219. The van der Waals surface area contributed by atoms with Gasteiger partial charge in [0.15, 0.2) is 0 Å².